The number of hydrogen-bond donors (Lipinski definition) is 0. The molecule has 4 rings (SSSR count). The number of likely N-dealkylation sites (tertiary alicyclic amines) is 1. The van der Waals surface area contributed by atoms with E-state index in [0.29, 0.717) is 17.6 Å². The van der Waals surface area contributed by atoms with Gasteiger partial charge in [-0.25, -0.2) is 4.68 Å². The van der Waals surface area contributed by atoms with Crippen LogP contribution in [0.4, 0.5) is 0 Å². The molecule has 27 heavy (non-hydrogen) atoms. The number of halogens is 1. The van der Waals surface area contributed by atoms with Crippen molar-refractivity contribution in [3.8, 4) is 0 Å². The summed E-state index contributed by atoms with van der Waals surface area (Å²) < 4.78 is 127. The van der Waals surface area contributed by atoms with Crippen molar-refractivity contribution in [2.75, 3.05) is 20.0 Å². The number of rotatable bonds is 3. The maximum Gasteiger partial charge on any atom is 0.274 e. The van der Waals surface area contributed by atoms with Gasteiger partial charge in [0, 0.05) is 30.5 Å². The number of aromatic nitrogens is 2. The summed E-state index contributed by atoms with van der Waals surface area (Å²) >= 11 is 5.95. The lowest BCUT2D eigenvalue weighted by atomic mass is 10.0. The fraction of sp³-hybridized carbons (Fsp3) is 0.364. The second kappa shape index (κ2) is 7.83. The van der Waals surface area contributed by atoms with E-state index in [1.165, 1.54) is 24.3 Å². The van der Waals surface area contributed by atoms with E-state index in [1.807, 2.05) is 0 Å². The zero-order valence-electron chi connectivity index (χ0n) is 29.1. The Morgan fingerprint density at radius 3 is 2.74 bits per heavy atom. The van der Waals surface area contributed by atoms with Gasteiger partial charge in [-0.3, -0.25) is 4.79 Å². The Balaban J connectivity index is 2.26. The fourth-order valence-corrected chi connectivity index (χ4v) is 2.68. The van der Waals surface area contributed by atoms with Crippen molar-refractivity contribution in [3.63, 3.8) is 0 Å². The Bertz CT molecular complexity index is 1660. The highest BCUT2D eigenvalue weighted by Crippen LogP contribution is 2.23. The van der Waals surface area contributed by atoms with E-state index in [4.69, 9.17) is 30.8 Å². The molecule has 1 aliphatic heterocycles. The van der Waals surface area contributed by atoms with Crippen LogP contribution >= 0.6 is 11.6 Å². The molecule has 0 spiro atoms. The minimum Gasteiger partial charge on any atom is -0.306 e. The van der Waals surface area contributed by atoms with Crippen molar-refractivity contribution in [1.82, 2.24) is 14.7 Å². The van der Waals surface area contributed by atoms with Gasteiger partial charge in [-0.1, -0.05) is 41.9 Å². The molecule has 2 heterocycles. The van der Waals surface area contributed by atoms with Gasteiger partial charge in [-0.05, 0) is 62.9 Å². The molecule has 5 heteroatoms. The van der Waals surface area contributed by atoms with E-state index in [-0.39, 0.29) is 21.7 Å². The number of benzene rings is 2. The first-order valence-corrected chi connectivity index (χ1v) is 8.31. The lowest BCUT2D eigenvalue weighted by molar-refractivity contribution is 0.334. The average Bonchev–Trinajstić information content (AvgIpc) is 2.91. The van der Waals surface area contributed by atoms with Gasteiger partial charge in [0.25, 0.3) is 5.56 Å². The lowest BCUT2D eigenvalue weighted by Gasteiger charge is -2.19. The third-order valence-corrected chi connectivity index (χ3v) is 4.10. The molecular formula is C22H24ClN3O. The minimum absolute atomic E-state index is 0.0130. The Morgan fingerprint density at radius 2 is 1.96 bits per heavy atom. The van der Waals surface area contributed by atoms with Crippen molar-refractivity contribution < 1.29 is 20.6 Å². The smallest absolute Gasteiger partial charge is 0.274 e. The highest BCUT2D eigenvalue weighted by Gasteiger charge is 2.21. The molecule has 0 bridgehead atoms. The van der Waals surface area contributed by atoms with Crippen molar-refractivity contribution in [2.45, 2.75) is 31.6 Å². The Labute approximate surface area is 185 Å². The maximum atomic E-state index is 14.0. The Morgan fingerprint density at radius 1 is 1.22 bits per heavy atom. The topological polar surface area (TPSA) is 38.1 Å². The van der Waals surface area contributed by atoms with Crippen molar-refractivity contribution in [3.05, 3.63) is 75.1 Å². The van der Waals surface area contributed by atoms with Gasteiger partial charge in [0.15, 0.2) is 0 Å². The molecule has 1 fully saturated rings. The molecule has 0 amide bonds. The number of nitrogens with zero attached hydrogens (tertiary/aromatic N) is 3. The molecule has 1 unspecified atom stereocenters. The van der Waals surface area contributed by atoms with E-state index in [2.05, 4.69) is 5.10 Å². The van der Waals surface area contributed by atoms with Gasteiger partial charge in [-0.2, -0.15) is 5.10 Å². The quantitative estimate of drug-likeness (QED) is 0.662. The average molecular weight is 397 g/mol. The summed E-state index contributed by atoms with van der Waals surface area (Å²) in [6, 6.07) is -1.27. The highest BCUT2D eigenvalue weighted by atomic mass is 35.5. The van der Waals surface area contributed by atoms with Crippen LogP contribution in [0.3, 0.4) is 0 Å². The predicted octanol–water partition coefficient (Wildman–Crippen LogP) is 4.30. The maximum absolute atomic E-state index is 14.0. The van der Waals surface area contributed by atoms with E-state index in [0.717, 1.165) is 0 Å². The standard InChI is InChI=1S/C22H24ClN3O/c1-25-13-4-5-18(12-14-25)26-22(27)20-7-3-2-6-19(20)21(24-26)15-16-8-10-17(23)11-9-16/h2-3,6-11,18H,4-5,12-15H2,1H3/i2D,3D,4D2,5D2,6D,7D,12D2,13D2,14D2,18D. The van der Waals surface area contributed by atoms with Gasteiger partial charge < -0.3 is 4.90 Å². The second-order valence-corrected chi connectivity index (χ2v) is 6.16. The van der Waals surface area contributed by atoms with E-state index in [9.17, 15) is 6.17 Å². The van der Waals surface area contributed by atoms with Crippen LogP contribution in [0.5, 0.6) is 0 Å². The molecular weight excluding hydrogens is 358 g/mol. The van der Waals surface area contributed by atoms with Gasteiger partial charge in [0.05, 0.1) is 24.0 Å². The van der Waals surface area contributed by atoms with Gasteiger partial charge in [0.2, 0.25) is 0 Å². The lowest BCUT2D eigenvalue weighted by Crippen LogP contribution is -2.29. The van der Waals surface area contributed by atoms with Crippen molar-refractivity contribution >= 4 is 22.4 Å². The zero-order valence-corrected chi connectivity index (χ0v) is 14.9. The Hall–Kier alpha value is -2.17. The van der Waals surface area contributed by atoms with Crippen molar-refractivity contribution in [2.24, 2.45) is 0 Å². The zero-order chi connectivity index (χ0) is 32.2. The van der Waals surface area contributed by atoms with Gasteiger partial charge in [-0.15, -0.1) is 0 Å². The van der Waals surface area contributed by atoms with Gasteiger partial charge in [0.1, 0.15) is 0 Å². The first kappa shape index (κ1) is 7.69. The summed E-state index contributed by atoms with van der Waals surface area (Å²) in [5.41, 5.74) is -1.58. The molecule has 1 aliphatic rings. The minimum atomic E-state index is -4.04. The van der Waals surface area contributed by atoms with Crippen LogP contribution in [0.15, 0.2) is 53.2 Å². The molecule has 0 radical (unpaired) electrons. The van der Waals surface area contributed by atoms with Crippen LogP contribution in [-0.2, 0) is 6.42 Å². The molecule has 1 saturated heterocycles. The van der Waals surface area contributed by atoms with Gasteiger partial charge >= 0.3 is 0 Å². The van der Waals surface area contributed by atoms with Crippen LogP contribution in [0.2, 0.25) is 5.02 Å². The summed E-state index contributed by atoms with van der Waals surface area (Å²) in [5.74, 6) is 0. The first-order valence-electron chi connectivity index (χ1n) is 15.4. The summed E-state index contributed by atoms with van der Waals surface area (Å²) in [6.07, 6.45) is -12.2. The SMILES string of the molecule is [2H]c1c([2H])c([2H])c2c(=O)n(C3([2H])C([2H])([2H])C([2H])([2H])N(C)C([2H])([2H])C([2H])([2H])C3([2H])[2H])nc(Cc3ccc(Cl)cc3)c2c1[2H]. The third-order valence-electron chi connectivity index (χ3n) is 3.85. The molecule has 1 aromatic heterocycles. The molecule has 1 atom stereocenters. The largest absolute Gasteiger partial charge is 0.306 e. The fourth-order valence-electron chi connectivity index (χ4n) is 2.56. The monoisotopic (exact) mass is 396 g/mol. The third kappa shape index (κ3) is 3.92. The Kier molecular flexibility index (Phi) is 2.23. The molecule has 2 aromatic carbocycles. The molecule has 3 aromatic rings. The van der Waals surface area contributed by atoms with Crippen LogP contribution in [0.1, 0.15) is 57.0 Å². The molecule has 0 saturated carbocycles. The molecule has 0 aliphatic carbocycles. The highest BCUT2D eigenvalue weighted by molar-refractivity contribution is 6.30. The van der Waals surface area contributed by atoms with E-state index < -0.39 is 78.6 Å². The van der Waals surface area contributed by atoms with Crippen molar-refractivity contribution in [1.29, 1.82) is 0 Å². The predicted molar refractivity (Wildman–Crippen MR) is 111 cm³/mol. The normalized spacial score (nSPS) is 38.7. The van der Waals surface area contributed by atoms with Crippen LogP contribution in [0, 0.1) is 0 Å². The number of fused-ring (bicyclic) bond motifs is 1. The molecule has 4 nitrogen and oxygen atoms in total. The van der Waals surface area contributed by atoms with E-state index in [1.54, 1.807) is 0 Å². The molecule has 0 N–H and O–H groups in total. The summed E-state index contributed by atoms with van der Waals surface area (Å²) in [4.78, 5) is 14.0. The molecule has 140 valence electrons. The van der Waals surface area contributed by atoms with E-state index >= 15 is 0 Å². The second-order valence-electron chi connectivity index (χ2n) is 5.72. The first-order chi connectivity index (χ1) is 18.9. The van der Waals surface area contributed by atoms with Crippen LogP contribution in [0.25, 0.3) is 10.8 Å². The number of hydrogen-bond acceptors (Lipinski definition) is 3. The summed E-state index contributed by atoms with van der Waals surface area (Å²) in [7, 11) is 0.677. The summed E-state index contributed by atoms with van der Waals surface area (Å²) in [6.45, 7) is -7.22. The van der Waals surface area contributed by atoms with Crippen LogP contribution in [-0.4, -0.2) is 34.7 Å². The van der Waals surface area contributed by atoms with Crippen LogP contribution < -0.4 is 5.56 Å². The summed E-state index contributed by atoms with van der Waals surface area (Å²) in [5, 5.41) is 3.11.